The topological polar surface area (TPSA) is 193 Å². The van der Waals surface area contributed by atoms with E-state index in [2.05, 4.69) is 37.9 Å². The molecule has 0 bridgehead atoms. The maximum absolute atomic E-state index is 13.5. The SMILES string of the molecule is Cc1ccc(S(=O)(=O)[N-]c2ccc3ccccc3c2-c2c([N-]S(=O)(=O)c3ccc(C)cc3)ccc3ccccc23)cc1.Cc1ccc(S(=O)(=O)[N-]c2ccc3ccccc3c2-c2c([N-]S(=O)(=O)c3ccc(C)cc3)ccc3ccccc23)cc1.Cc1ccccc1.[Zr+4]. The average molecular weight is 1360 g/mol. The Bertz CT molecular complexity index is 4700. The molecule has 0 aliphatic carbocycles. The molecule has 0 unspecified atom stereocenters. The van der Waals surface area contributed by atoms with Crippen molar-refractivity contribution in [3.05, 3.63) is 320 Å². The van der Waals surface area contributed by atoms with Crippen molar-refractivity contribution in [1.82, 2.24) is 0 Å². The molecule has 0 aliphatic rings. The zero-order valence-electron chi connectivity index (χ0n) is 50.7. The molecule has 0 aromatic heterocycles. The number of hydrogen-bond donors (Lipinski definition) is 0. The number of sulfonamides is 4. The van der Waals surface area contributed by atoms with Crippen molar-refractivity contribution in [1.29, 1.82) is 0 Å². The van der Waals surface area contributed by atoms with Crippen molar-refractivity contribution in [3.63, 3.8) is 0 Å². The first-order valence-corrected chi connectivity index (χ1v) is 34.7. The third-order valence-corrected chi connectivity index (χ3v) is 20.4. The first-order chi connectivity index (χ1) is 43.6. The van der Waals surface area contributed by atoms with Gasteiger partial charge in [0.15, 0.2) is 0 Å². The van der Waals surface area contributed by atoms with Gasteiger partial charge in [-0.15, -0.1) is 22.7 Å². The molecule has 0 saturated carbocycles. The molecule has 0 N–H and O–H groups in total. The Morgan fingerprint density at radius 3 is 0.587 bits per heavy atom. The van der Waals surface area contributed by atoms with E-state index in [1.165, 1.54) is 54.1 Å². The van der Waals surface area contributed by atoms with Crippen molar-refractivity contribution in [3.8, 4) is 22.3 Å². The van der Waals surface area contributed by atoms with E-state index in [4.69, 9.17) is 0 Å². The van der Waals surface area contributed by atoms with Gasteiger partial charge in [0.1, 0.15) is 40.1 Å². The normalized spacial score (nSPS) is 11.6. The van der Waals surface area contributed by atoms with E-state index in [1.807, 2.05) is 167 Å². The standard InChI is InChI=1S/2C34H26N2O4S2.C7H8.Zr/c2*1-23-11-17-27(18-12-23)41(37,38)35-31-21-15-25-7-3-5-9-29(25)33(31)34-30-10-6-4-8-26(30)16-22-32(34)36-42(39,40)28-19-13-24(2)14-20-28;1-7-5-3-2-4-6-7;/h2*3-22H,1-2H3;2-6H,1H3;/q2*-2;;+4. The van der Waals surface area contributed by atoms with Crippen LogP contribution in [0.1, 0.15) is 27.8 Å². The largest absolute Gasteiger partial charge is 4.00 e. The third-order valence-electron chi connectivity index (χ3n) is 15.2. The molecular weight excluding hydrogens is 1300 g/mol. The van der Waals surface area contributed by atoms with E-state index in [9.17, 15) is 33.7 Å². The van der Waals surface area contributed by atoms with Crippen LogP contribution in [0, 0.1) is 34.6 Å². The molecule has 0 saturated heterocycles. The van der Waals surface area contributed by atoms with Crippen molar-refractivity contribution >= 4 is 106 Å². The molecular formula is C75H60N4O8S4Zr. The molecule has 0 atom stereocenters. The molecule has 17 heteroatoms. The molecule has 0 heterocycles. The second-order valence-corrected chi connectivity index (χ2v) is 28.3. The van der Waals surface area contributed by atoms with Crippen molar-refractivity contribution < 1.29 is 59.9 Å². The number of aryl methyl sites for hydroxylation is 5. The van der Waals surface area contributed by atoms with Crippen LogP contribution >= 0.6 is 0 Å². The summed E-state index contributed by atoms with van der Waals surface area (Å²) >= 11 is 0. The van der Waals surface area contributed by atoms with Crippen LogP contribution in [0.4, 0.5) is 22.7 Å². The summed E-state index contributed by atoms with van der Waals surface area (Å²) < 4.78 is 126. The summed E-state index contributed by atoms with van der Waals surface area (Å²) in [6.45, 7) is 9.60. The van der Waals surface area contributed by atoms with Gasteiger partial charge in [0.2, 0.25) is 0 Å². The van der Waals surface area contributed by atoms with E-state index >= 15 is 0 Å². The van der Waals surface area contributed by atoms with E-state index in [0.717, 1.165) is 65.3 Å². The molecule has 0 fully saturated rings. The Hall–Kier alpha value is -9.22. The van der Waals surface area contributed by atoms with E-state index in [-0.39, 0.29) is 68.5 Å². The fourth-order valence-corrected chi connectivity index (χ4v) is 14.5. The maximum Gasteiger partial charge on any atom is 4.00 e. The number of nitrogens with zero attached hydrogens (tertiary/aromatic N) is 4. The van der Waals surface area contributed by atoms with Gasteiger partial charge < -0.3 is 18.9 Å². The fraction of sp³-hybridized carbons (Fsp3) is 0.0667. The molecule has 12 nitrogen and oxygen atoms in total. The number of benzene rings is 13. The summed E-state index contributed by atoms with van der Waals surface area (Å²) in [5.74, 6) is 0. The van der Waals surface area contributed by atoms with Gasteiger partial charge in [0, 0.05) is 0 Å². The predicted molar refractivity (Wildman–Crippen MR) is 370 cm³/mol. The minimum Gasteiger partial charge on any atom is -0.572 e. The fourth-order valence-electron chi connectivity index (χ4n) is 10.5. The number of hydrogen-bond acceptors (Lipinski definition) is 8. The second-order valence-electron chi connectivity index (χ2n) is 21.9. The summed E-state index contributed by atoms with van der Waals surface area (Å²) in [7, 11) is -16.4. The number of fused-ring (bicyclic) bond motifs is 4. The Morgan fingerprint density at radius 1 is 0.207 bits per heavy atom. The maximum atomic E-state index is 13.5. The van der Waals surface area contributed by atoms with Crippen molar-refractivity contribution in [2.45, 2.75) is 54.2 Å². The van der Waals surface area contributed by atoms with Crippen molar-refractivity contribution in [2.75, 3.05) is 0 Å². The van der Waals surface area contributed by atoms with Crippen LogP contribution in [0.3, 0.4) is 0 Å². The minimum absolute atomic E-state index is 0. The molecule has 92 heavy (non-hydrogen) atoms. The zero-order chi connectivity index (χ0) is 64.1. The smallest absolute Gasteiger partial charge is 0.572 e. The monoisotopic (exact) mass is 1360 g/mol. The van der Waals surface area contributed by atoms with Crippen LogP contribution in [0.25, 0.3) is 84.2 Å². The Labute approximate surface area is 557 Å². The van der Waals surface area contributed by atoms with Gasteiger partial charge in [-0.25, -0.2) is 33.7 Å². The van der Waals surface area contributed by atoms with Gasteiger partial charge >= 0.3 is 26.2 Å². The minimum atomic E-state index is -4.10. The van der Waals surface area contributed by atoms with E-state index < -0.39 is 40.1 Å². The summed E-state index contributed by atoms with van der Waals surface area (Å²) in [6.07, 6.45) is 0. The Balaban J connectivity index is 0.000000180. The zero-order valence-corrected chi connectivity index (χ0v) is 56.4. The molecule has 13 rings (SSSR count). The average Bonchev–Trinajstić information content (AvgIpc) is 0.756. The van der Waals surface area contributed by atoms with Gasteiger partial charge in [0.05, 0.1) is 19.6 Å². The van der Waals surface area contributed by atoms with Crippen LogP contribution in [-0.2, 0) is 66.3 Å². The number of rotatable bonds is 14. The van der Waals surface area contributed by atoms with E-state index in [0.29, 0.717) is 22.3 Å². The summed E-state index contributed by atoms with van der Waals surface area (Å²) in [6, 6.07) is 80.3. The van der Waals surface area contributed by atoms with Gasteiger partial charge in [-0.1, -0.05) is 252 Å². The summed E-state index contributed by atoms with van der Waals surface area (Å²) in [4.78, 5) is 0.267. The first-order valence-electron chi connectivity index (χ1n) is 28.9. The van der Waals surface area contributed by atoms with E-state index in [1.54, 1.807) is 72.8 Å². The van der Waals surface area contributed by atoms with Crippen LogP contribution in [0.2, 0.25) is 0 Å². The van der Waals surface area contributed by atoms with Crippen molar-refractivity contribution in [2.24, 2.45) is 0 Å². The predicted octanol–water partition coefficient (Wildman–Crippen LogP) is 20.1. The molecule has 0 amide bonds. The summed E-state index contributed by atoms with van der Waals surface area (Å²) in [5, 5.41) is 6.27. The second kappa shape index (κ2) is 27.7. The van der Waals surface area contributed by atoms with Crippen LogP contribution in [-0.4, -0.2) is 33.7 Å². The quantitative estimate of drug-likeness (QED) is 0.103. The molecule has 13 aromatic carbocycles. The molecule has 13 aromatic rings. The Morgan fingerprint density at radius 2 is 0.391 bits per heavy atom. The Kier molecular flexibility index (Phi) is 19.8. The van der Waals surface area contributed by atoms with Crippen LogP contribution in [0.15, 0.2) is 293 Å². The molecule has 456 valence electrons. The first kappa shape index (κ1) is 65.7. The van der Waals surface area contributed by atoms with Gasteiger partial charge in [-0.2, -0.15) is 0 Å². The van der Waals surface area contributed by atoms with Gasteiger partial charge in [0.25, 0.3) is 0 Å². The molecule has 0 aliphatic heterocycles. The van der Waals surface area contributed by atoms with Gasteiger partial charge in [-0.05, 0) is 148 Å². The van der Waals surface area contributed by atoms with Crippen LogP contribution < -0.4 is 0 Å². The summed E-state index contributed by atoms with van der Waals surface area (Å²) in [5.41, 5.74) is 7.73. The van der Waals surface area contributed by atoms with Crippen LogP contribution in [0.5, 0.6) is 0 Å². The third kappa shape index (κ3) is 14.7. The molecule has 0 spiro atoms. The molecule has 0 radical (unpaired) electrons. The van der Waals surface area contributed by atoms with Gasteiger partial charge in [-0.3, -0.25) is 0 Å².